The normalized spacial score (nSPS) is 10.9. The fraction of sp³-hybridized carbons (Fsp3) is 0.133. The van der Waals surface area contributed by atoms with Gasteiger partial charge in [-0.15, -0.1) is 11.3 Å². The molecule has 2 heterocycles. The number of hydrogen-bond acceptors (Lipinski definition) is 5. The number of fused-ring (bicyclic) bond motifs is 1. The van der Waals surface area contributed by atoms with Crippen molar-refractivity contribution in [1.29, 1.82) is 0 Å². The summed E-state index contributed by atoms with van der Waals surface area (Å²) in [5, 5.41) is 2.41. The van der Waals surface area contributed by atoms with E-state index in [9.17, 15) is 9.59 Å². The van der Waals surface area contributed by atoms with Gasteiger partial charge in [-0.25, -0.2) is 4.98 Å². The van der Waals surface area contributed by atoms with Crippen LogP contribution in [0.1, 0.15) is 10.4 Å². The molecule has 0 aliphatic rings. The van der Waals surface area contributed by atoms with E-state index >= 15 is 0 Å². The van der Waals surface area contributed by atoms with Crippen molar-refractivity contribution in [2.24, 2.45) is 7.05 Å². The highest BCUT2D eigenvalue weighted by atomic mass is 32.2. The predicted molar refractivity (Wildman–Crippen MR) is 86.4 cm³/mol. The maximum Gasteiger partial charge on any atom is 0.271 e. The predicted octanol–water partition coefficient (Wildman–Crippen LogP) is 2.97. The zero-order valence-corrected chi connectivity index (χ0v) is 12.9. The fourth-order valence-corrected chi connectivity index (χ4v) is 3.61. The maximum atomic E-state index is 12.2. The average Bonchev–Trinajstić information content (AvgIpc) is 2.98. The lowest BCUT2D eigenvalue weighted by molar-refractivity contribution is 0.102. The minimum atomic E-state index is -0.0651. The van der Waals surface area contributed by atoms with Gasteiger partial charge < -0.3 is 0 Å². The van der Waals surface area contributed by atoms with E-state index in [1.165, 1.54) is 27.7 Å². The Morgan fingerprint density at radius 1 is 1.29 bits per heavy atom. The summed E-state index contributed by atoms with van der Waals surface area (Å²) >= 11 is 2.68. The minimum absolute atomic E-state index is 0.0280. The molecule has 0 radical (unpaired) electrons. The molecule has 0 spiro atoms. The summed E-state index contributed by atoms with van der Waals surface area (Å²) in [6.07, 6.45) is 0. The van der Waals surface area contributed by atoms with Gasteiger partial charge in [-0.2, -0.15) is 0 Å². The molecule has 0 unspecified atom stereocenters. The van der Waals surface area contributed by atoms with Crippen LogP contribution in [-0.2, 0) is 7.05 Å². The number of nitrogens with zero attached hydrogens (tertiary/aromatic N) is 2. The Hall–Kier alpha value is -1.92. The van der Waals surface area contributed by atoms with Crippen molar-refractivity contribution in [2.45, 2.75) is 5.16 Å². The van der Waals surface area contributed by atoms with E-state index in [1.54, 1.807) is 19.2 Å². The molecule has 0 fully saturated rings. The number of rotatable bonds is 4. The lowest BCUT2D eigenvalue weighted by Crippen LogP contribution is -2.19. The average molecular weight is 316 g/mol. The summed E-state index contributed by atoms with van der Waals surface area (Å²) in [6, 6.07) is 11.0. The first kappa shape index (κ1) is 14.0. The topological polar surface area (TPSA) is 52.0 Å². The molecule has 0 N–H and O–H groups in total. The second-order valence-corrected chi connectivity index (χ2v) is 6.33. The van der Waals surface area contributed by atoms with Crippen LogP contribution in [0.3, 0.4) is 0 Å². The molecular weight excluding hydrogens is 304 g/mol. The third kappa shape index (κ3) is 2.77. The highest BCUT2D eigenvalue weighted by Gasteiger charge is 2.12. The second kappa shape index (κ2) is 5.83. The first-order chi connectivity index (χ1) is 10.2. The summed E-state index contributed by atoms with van der Waals surface area (Å²) < 4.78 is 2.15. The van der Waals surface area contributed by atoms with E-state index in [2.05, 4.69) is 4.98 Å². The van der Waals surface area contributed by atoms with Crippen molar-refractivity contribution in [3.63, 3.8) is 0 Å². The summed E-state index contributed by atoms with van der Waals surface area (Å²) in [4.78, 5) is 28.7. The van der Waals surface area contributed by atoms with Crippen molar-refractivity contribution in [3.8, 4) is 0 Å². The van der Waals surface area contributed by atoms with Gasteiger partial charge in [0.05, 0.1) is 11.3 Å². The molecule has 2 aromatic heterocycles. The Balaban J connectivity index is 1.84. The van der Waals surface area contributed by atoms with Crippen LogP contribution in [-0.4, -0.2) is 21.1 Å². The third-order valence-corrected chi connectivity index (χ3v) is 5.00. The van der Waals surface area contributed by atoms with Crippen LogP contribution in [0.4, 0.5) is 0 Å². The first-order valence-corrected chi connectivity index (χ1v) is 8.18. The van der Waals surface area contributed by atoms with Gasteiger partial charge in [0.15, 0.2) is 10.9 Å². The lowest BCUT2D eigenvalue weighted by atomic mass is 10.2. The number of hydrogen-bond donors (Lipinski definition) is 0. The van der Waals surface area contributed by atoms with E-state index in [4.69, 9.17) is 0 Å². The lowest BCUT2D eigenvalue weighted by Gasteiger charge is -2.06. The van der Waals surface area contributed by atoms with Crippen LogP contribution >= 0.6 is 23.1 Å². The van der Waals surface area contributed by atoms with Gasteiger partial charge in [0.25, 0.3) is 5.56 Å². The summed E-state index contributed by atoms with van der Waals surface area (Å²) in [7, 11) is 1.68. The van der Waals surface area contributed by atoms with Crippen molar-refractivity contribution in [2.75, 3.05) is 5.75 Å². The van der Waals surface area contributed by atoms with Gasteiger partial charge in [0.1, 0.15) is 4.70 Å². The number of benzene rings is 1. The zero-order valence-electron chi connectivity index (χ0n) is 11.3. The number of carbonyl (C=O) groups excluding carboxylic acids is 1. The van der Waals surface area contributed by atoms with E-state index in [-0.39, 0.29) is 17.1 Å². The van der Waals surface area contributed by atoms with Crippen molar-refractivity contribution < 1.29 is 4.79 Å². The van der Waals surface area contributed by atoms with Crippen molar-refractivity contribution >= 4 is 39.1 Å². The highest BCUT2D eigenvalue weighted by molar-refractivity contribution is 7.99. The first-order valence-electron chi connectivity index (χ1n) is 6.32. The number of thioether (sulfide) groups is 1. The van der Waals surface area contributed by atoms with E-state index in [0.717, 1.165) is 0 Å². The fourth-order valence-electron chi connectivity index (χ4n) is 1.93. The molecule has 106 valence electrons. The molecule has 1 aromatic carbocycles. The molecule has 21 heavy (non-hydrogen) atoms. The maximum absolute atomic E-state index is 12.2. The Labute approximate surface area is 129 Å². The van der Waals surface area contributed by atoms with Gasteiger partial charge in [0.2, 0.25) is 0 Å². The molecule has 0 bridgehead atoms. The molecule has 0 atom stereocenters. The number of thiophene rings is 1. The monoisotopic (exact) mass is 316 g/mol. The Bertz CT molecular complexity index is 853. The summed E-state index contributed by atoms with van der Waals surface area (Å²) in [5.41, 5.74) is 1.30. The molecule has 0 amide bonds. The number of ketones is 1. The Morgan fingerprint density at radius 2 is 2.05 bits per heavy atom. The quantitative estimate of drug-likeness (QED) is 0.422. The van der Waals surface area contributed by atoms with Gasteiger partial charge in [-0.3, -0.25) is 14.2 Å². The van der Waals surface area contributed by atoms with Crippen LogP contribution in [0.5, 0.6) is 0 Å². The van der Waals surface area contributed by atoms with Crippen LogP contribution in [0, 0.1) is 0 Å². The smallest absolute Gasteiger partial charge is 0.271 e. The van der Waals surface area contributed by atoms with Crippen LogP contribution < -0.4 is 5.56 Å². The van der Waals surface area contributed by atoms with Gasteiger partial charge in [-0.05, 0) is 11.4 Å². The highest BCUT2D eigenvalue weighted by Crippen LogP contribution is 2.20. The van der Waals surface area contributed by atoms with Crippen LogP contribution in [0.15, 0.2) is 51.7 Å². The van der Waals surface area contributed by atoms with E-state index in [1.807, 2.05) is 29.6 Å². The van der Waals surface area contributed by atoms with Gasteiger partial charge in [0, 0.05) is 12.6 Å². The molecule has 0 aliphatic carbocycles. The molecule has 3 aromatic rings. The molecule has 0 saturated heterocycles. The van der Waals surface area contributed by atoms with Crippen molar-refractivity contribution in [3.05, 3.63) is 57.7 Å². The summed E-state index contributed by atoms with van der Waals surface area (Å²) in [5.74, 6) is 0.292. The number of aromatic nitrogens is 2. The van der Waals surface area contributed by atoms with E-state index < -0.39 is 0 Å². The Kier molecular flexibility index (Phi) is 3.90. The zero-order chi connectivity index (χ0) is 14.8. The molecular formula is C15H12N2O2S2. The molecule has 3 rings (SSSR count). The molecule has 6 heteroatoms. The SMILES string of the molecule is Cn1c(SCC(=O)c2ccccc2)nc2ccsc2c1=O. The third-order valence-electron chi connectivity index (χ3n) is 3.07. The number of Topliss-reactive ketones (excluding diaryl/α,β-unsaturated/α-hetero) is 1. The summed E-state index contributed by atoms with van der Waals surface area (Å²) in [6.45, 7) is 0. The largest absolute Gasteiger partial charge is 0.293 e. The van der Waals surface area contributed by atoms with E-state index in [0.29, 0.717) is 20.9 Å². The molecule has 4 nitrogen and oxygen atoms in total. The minimum Gasteiger partial charge on any atom is -0.293 e. The van der Waals surface area contributed by atoms with Crippen LogP contribution in [0.25, 0.3) is 10.2 Å². The number of carbonyl (C=O) groups is 1. The standard InChI is InChI=1S/C15H12N2O2S2/c1-17-14(19)13-11(7-8-20-13)16-15(17)21-9-12(18)10-5-3-2-4-6-10/h2-8H,9H2,1H3. The second-order valence-electron chi connectivity index (χ2n) is 4.47. The molecule has 0 aliphatic heterocycles. The van der Waals surface area contributed by atoms with Crippen LogP contribution in [0.2, 0.25) is 0 Å². The van der Waals surface area contributed by atoms with Gasteiger partial charge in [-0.1, -0.05) is 42.1 Å². The Morgan fingerprint density at radius 3 is 2.81 bits per heavy atom. The van der Waals surface area contributed by atoms with Gasteiger partial charge >= 0.3 is 0 Å². The van der Waals surface area contributed by atoms with Crippen molar-refractivity contribution in [1.82, 2.24) is 9.55 Å². The molecule has 0 saturated carbocycles.